The lowest BCUT2D eigenvalue weighted by Gasteiger charge is -2.12. The molecular formula is C14H19NO. The number of nitrogens with one attached hydrogen (secondary N) is 1. The minimum atomic E-state index is 0.406. The summed E-state index contributed by atoms with van der Waals surface area (Å²) in [5.41, 5.74) is 5.27. The maximum Gasteiger partial charge on any atom is 0.0790 e. The highest BCUT2D eigenvalue weighted by Crippen LogP contribution is 2.20. The summed E-state index contributed by atoms with van der Waals surface area (Å²) in [6.45, 7) is 4.74. The predicted octanol–water partition coefficient (Wildman–Crippen LogP) is 3.16. The van der Waals surface area contributed by atoms with Crippen molar-refractivity contribution in [3.05, 3.63) is 42.5 Å². The number of rotatable bonds is 5. The molecule has 86 valence electrons. The molecule has 0 saturated heterocycles. The van der Waals surface area contributed by atoms with Gasteiger partial charge in [0.25, 0.3) is 0 Å². The predicted molar refractivity (Wildman–Crippen MR) is 66.8 cm³/mol. The van der Waals surface area contributed by atoms with Gasteiger partial charge in [-0.2, -0.15) is 5.48 Å². The molecule has 0 radical (unpaired) electrons. The maximum atomic E-state index is 5.58. The number of benzene rings is 1. The van der Waals surface area contributed by atoms with Gasteiger partial charge in [0.1, 0.15) is 0 Å². The van der Waals surface area contributed by atoms with Crippen molar-refractivity contribution in [1.82, 2.24) is 5.48 Å². The largest absolute Gasteiger partial charge is 0.298 e. The Morgan fingerprint density at radius 3 is 2.62 bits per heavy atom. The first kappa shape index (κ1) is 11.4. The smallest absolute Gasteiger partial charge is 0.0790 e. The van der Waals surface area contributed by atoms with Crippen LogP contribution in [0.25, 0.3) is 5.57 Å². The highest BCUT2D eigenvalue weighted by molar-refractivity contribution is 5.64. The zero-order valence-electron chi connectivity index (χ0n) is 9.61. The van der Waals surface area contributed by atoms with Crippen LogP contribution in [0.1, 0.15) is 31.2 Å². The molecule has 2 rings (SSSR count). The van der Waals surface area contributed by atoms with Crippen LogP contribution < -0.4 is 5.48 Å². The van der Waals surface area contributed by atoms with Gasteiger partial charge in [0.15, 0.2) is 0 Å². The normalized spacial score (nSPS) is 16.5. The Kier molecular flexibility index (Phi) is 4.14. The highest BCUT2D eigenvalue weighted by Gasteiger charge is 2.15. The number of hydroxylamine groups is 1. The summed E-state index contributed by atoms with van der Waals surface area (Å²) in [5, 5.41) is 0. The second-order valence-corrected chi connectivity index (χ2v) is 4.32. The van der Waals surface area contributed by atoms with Gasteiger partial charge in [0, 0.05) is 6.54 Å². The third-order valence-corrected chi connectivity index (χ3v) is 3.02. The van der Waals surface area contributed by atoms with Gasteiger partial charge < -0.3 is 0 Å². The van der Waals surface area contributed by atoms with E-state index in [-0.39, 0.29) is 0 Å². The zero-order chi connectivity index (χ0) is 11.2. The van der Waals surface area contributed by atoms with Crippen molar-refractivity contribution >= 4 is 5.57 Å². The third-order valence-electron chi connectivity index (χ3n) is 3.02. The number of hydrogen-bond acceptors (Lipinski definition) is 2. The molecule has 2 heteroatoms. The Labute approximate surface area is 97.3 Å². The summed E-state index contributed by atoms with van der Waals surface area (Å²) < 4.78 is 0. The first-order valence-corrected chi connectivity index (χ1v) is 5.98. The molecule has 0 unspecified atom stereocenters. The Hall–Kier alpha value is -1.12. The molecule has 0 bridgehead atoms. The van der Waals surface area contributed by atoms with Crippen LogP contribution in [0.5, 0.6) is 0 Å². The molecule has 1 aromatic rings. The molecule has 0 heterocycles. The Bertz CT molecular complexity index is 328. The minimum Gasteiger partial charge on any atom is -0.298 e. The summed E-state index contributed by atoms with van der Waals surface area (Å²) in [6.07, 6.45) is 5.37. The van der Waals surface area contributed by atoms with Crippen molar-refractivity contribution in [2.75, 3.05) is 6.54 Å². The fourth-order valence-corrected chi connectivity index (χ4v) is 2.03. The standard InChI is InChI=1S/C14H19NO/c1-12(13-7-3-2-4-8-13)11-15-16-14-9-5-6-10-14/h2-4,7-8,14-15H,1,5-6,9-11H2. The van der Waals surface area contributed by atoms with Gasteiger partial charge in [0.2, 0.25) is 0 Å². The molecule has 16 heavy (non-hydrogen) atoms. The van der Waals surface area contributed by atoms with Gasteiger partial charge in [0.05, 0.1) is 6.10 Å². The van der Waals surface area contributed by atoms with E-state index < -0.39 is 0 Å². The first-order chi connectivity index (χ1) is 7.86. The van der Waals surface area contributed by atoms with Crippen LogP contribution in [0, 0.1) is 0 Å². The fourth-order valence-electron chi connectivity index (χ4n) is 2.03. The molecule has 2 nitrogen and oxygen atoms in total. The average molecular weight is 217 g/mol. The Balaban J connectivity index is 1.71. The van der Waals surface area contributed by atoms with Crippen LogP contribution in [-0.2, 0) is 4.84 Å². The minimum absolute atomic E-state index is 0.406. The lowest BCUT2D eigenvalue weighted by atomic mass is 10.1. The topological polar surface area (TPSA) is 21.3 Å². The Morgan fingerprint density at radius 1 is 1.25 bits per heavy atom. The summed E-state index contributed by atoms with van der Waals surface area (Å²) in [6, 6.07) is 10.2. The van der Waals surface area contributed by atoms with Gasteiger partial charge in [-0.15, -0.1) is 0 Å². The molecule has 0 spiro atoms. The van der Waals surface area contributed by atoms with Crippen LogP contribution in [-0.4, -0.2) is 12.6 Å². The molecule has 1 aliphatic carbocycles. The van der Waals surface area contributed by atoms with E-state index in [4.69, 9.17) is 4.84 Å². The zero-order valence-corrected chi connectivity index (χ0v) is 9.61. The maximum absolute atomic E-state index is 5.58. The van der Waals surface area contributed by atoms with Gasteiger partial charge in [-0.25, -0.2) is 0 Å². The van der Waals surface area contributed by atoms with Crippen molar-refractivity contribution < 1.29 is 4.84 Å². The van der Waals surface area contributed by atoms with E-state index in [1.807, 2.05) is 18.2 Å². The van der Waals surface area contributed by atoms with Gasteiger partial charge in [-0.3, -0.25) is 4.84 Å². The van der Waals surface area contributed by atoms with Crippen LogP contribution in [0.2, 0.25) is 0 Å². The van der Waals surface area contributed by atoms with Gasteiger partial charge >= 0.3 is 0 Å². The van der Waals surface area contributed by atoms with Gasteiger partial charge in [-0.05, 0) is 24.0 Å². The monoisotopic (exact) mass is 217 g/mol. The van der Waals surface area contributed by atoms with Crippen LogP contribution in [0.15, 0.2) is 36.9 Å². The molecular weight excluding hydrogens is 198 g/mol. The molecule has 1 fully saturated rings. The summed E-state index contributed by atoms with van der Waals surface area (Å²) >= 11 is 0. The highest BCUT2D eigenvalue weighted by atomic mass is 16.7. The van der Waals surface area contributed by atoms with Crippen LogP contribution in [0.3, 0.4) is 0 Å². The van der Waals surface area contributed by atoms with Crippen molar-refractivity contribution in [2.24, 2.45) is 0 Å². The van der Waals surface area contributed by atoms with Crippen molar-refractivity contribution in [3.63, 3.8) is 0 Å². The second-order valence-electron chi connectivity index (χ2n) is 4.32. The summed E-state index contributed by atoms with van der Waals surface area (Å²) in [4.78, 5) is 5.58. The van der Waals surface area contributed by atoms with Crippen molar-refractivity contribution in [2.45, 2.75) is 31.8 Å². The van der Waals surface area contributed by atoms with E-state index in [0.717, 1.165) is 5.57 Å². The molecule has 0 amide bonds. The Morgan fingerprint density at radius 2 is 1.94 bits per heavy atom. The summed E-state index contributed by atoms with van der Waals surface area (Å²) in [7, 11) is 0. The van der Waals surface area contributed by atoms with E-state index in [2.05, 4.69) is 24.2 Å². The molecule has 0 aliphatic heterocycles. The average Bonchev–Trinajstić information content (AvgIpc) is 2.83. The van der Waals surface area contributed by atoms with E-state index in [1.54, 1.807) is 0 Å². The SMILES string of the molecule is C=C(CNOC1CCCC1)c1ccccc1. The van der Waals surface area contributed by atoms with Gasteiger partial charge in [-0.1, -0.05) is 49.8 Å². The molecule has 0 atom stereocenters. The molecule has 1 saturated carbocycles. The number of hydrogen-bond donors (Lipinski definition) is 1. The molecule has 0 aromatic heterocycles. The molecule has 1 aromatic carbocycles. The van der Waals surface area contributed by atoms with E-state index in [9.17, 15) is 0 Å². The third kappa shape index (κ3) is 3.19. The van der Waals surface area contributed by atoms with Crippen molar-refractivity contribution in [1.29, 1.82) is 0 Å². The van der Waals surface area contributed by atoms with E-state index >= 15 is 0 Å². The first-order valence-electron chi connectivity index (χ1n) is 5.98. The van der Waals surface area contributed by atoms with Crippen molar-refractivity contribution in [3.8, 4) is 0 Å². The van der Waals surface area contributed by atoms with E-state index in [1.165, 1.54) is 31.2 Å². The second kappa shape index (κ2) is 5.83. The summed E-state index contributed by atoms with van der Waals surface area (Å²) in [5.74, 6) is 0. The lowest BCUT2D eigenvalue weighted by molar-refractivity contribution is -0.0137. The molecule has 1 N–H and O–H groups in total. The van der Waals surface area contributed by atoms with Crippen LogP contribution >= 0.6 is 0 Å². The quantitative estimate of drug-likeness (QED) is 0.765. The van der Waals surface area contributed by atoms with Crippen LogP contribution in [0.4, 0.5) is 0 Å². The molecule has 1 aliphatic rings. The fraction of sp³-hybridized carbons (Fsp3) is 0.429. The van der Waals surface area contributed by atoms with E-state index in [0.29, 0.717) is 12.6 Å². The lowest BCUT2D eigenvalue weighted by Crippen LogP contribution is -2.23.